The number of hydrogen-bond acceptors (Lipinski definition) is 5. The van der Waals surface area contributed by atoms with Crippen LogP contribution in [-0.4, -0.2) is 46.0 Å². The van der Waals surface area contributed by atoms with Gasteiger partial charge in [0.05, 0.1) is 22.5 Å². The molecule has 7 nitrogen and oxygen atoms in total. The molecule has 7 heteroatoms. The summed E-state index contributed by atoms with van der Waals surface area (Å²) in [6.45, 7) is 6.87. The highest BCUT2D eigenvalue weighted by molar-refractivity contribution is 6.13. The number of anilines is 1. The lowest BCUT2D eigenvalue weighted by molar-refractivity contribution is 0.0792. The molecule has 2 unspecified atom stereocenters. The van der Waals surface area contributed by atoms with Crippen LogP contribution in [0.3, 0.4) is 0 Å². The predicted octanol–water partition coefficient (Wildman–Crippen LogP) is 7.79. The van der Waals surface area contributed by atoms with Gasteiger partial charge in [-0.05, 0) is 118 Å². The van der Waals surface area contributed by atoms with Gasteiger partial charge in [-0.2, -0.15) is 0 Å². The van der Waals surface area contributed by atoms with E-state index in [0.29, 0.717) is 46.6 Å². The van der Waals surface area contributed by atoms with E-state index in [9.17, 15) is 9.59 Å². The molecule has 2 aromatic carbocycles. The van der Waals surface area contributed by atoms with Gasteiger partial charge in [0.2, 0.25) is 0 Å². The summed E-state index contributed by atoms with van der Waals surface area (Å²) in [5, 5.41) is 3.82. The number of hydrogen-bond donors (Lipinski definition) is 1. The molecular weight excluding hydrogens is 546 g/mol. The Morgan fingerprint density at radius 2 is 1.73 bits per heavy atom. The number of carbonyl (C=O) groups is 2. The monoisotopic (exact) mass is 585 g/mol. The average Bonchev–Trinajstić information content (AvgIpc) is 3.00. The molecule has 1 aliphatic carbocycles. The lowest BCUT2D eigenvalue weighted by Crippen LogP contribution is -2.35. The molecule has 2 atom stereocenters. The summed E-state index contributed by atoms with van der Waals surface area (Å²) >= 11 is 0. The van der Waals surface area contributed by atoms with Gasteiger partial charge in [-0.25, -0.2) is 4.98 Å². The van der Waals surface area contributed by atoms with Crippen molar-refractivity contribution in [1.29, 1.82) is 0 Å². The molecule has 44 heavy (non-hydrogen) atoms. The zero-order chi connectivity index (χ0) is 30.8. The molecule has 0 saturated heterocycles. The van der Waals surface area contributed by atoms with Crippen molar-refractivity contribution in [2.75, 3.05) is 18.9 Å². The van der Waals surface area contributed by atoms with E-state index in [2.05, 4.69) is 34.5 Å². The molecule has 2 aliphatic rings. The lowest BCUT2D eigenvalue weighted by atomic mass is 9.66. The van der Waals surface area contributed by atoms with Crippen molar-refractivity contribution in [3.8, 4) is 11.4 Å². The fourth-order valence-electron chi connectivity index (χ4n) is 6.48. The van der Waals surface area contributed by atoms with Crippen LogP contribution < -0.4 is 5.32 Å². The van der Waals surface area contributed by atoms with Crippen LogP contribution >= 0.6 is 0 Å². The largest absolute Gasteiger partial charge is 0.342 e. The molecule has 0 bridgehead atoms. The number of pyridine rings is 2. The van der Waals surface area contributed by atoms with E-state index in [1.165, 1.54) is 24.1 Å². The maximum Gasteiger partial charge on any atom is 0.256 e. The quantitative estimate of drug-likeness (QED) is 0.203. The van der Waals surface area contributed by atoms with Crippen molar-refractivity contribution in [2.45, 2.75) is 52.9 Å². The number of fused-ring (bicyclic) bond motifs is 2. The van der Waals surface area contributed by atoms with Crippen molar-refractivity contribution in [1.82, 2.24) is 14.9 Å². The summed E-state index contributed by atoms with van der Waals surface area (Å²) in [5.74, 6) is 1.09. The molecule has 1 saturated carbocycles. The Bertz CT molecular complexity index is 1780. The Morgan fingerprint density at radius 1 is 0.932 bits per heavy atom. The van der Waals surface area contributed by atoms with Crippen molar-refractivity contribution in [3.63, 3.8) is 0 Å². The molecular formula is C37H39N5O2. The van der Waals surface area contributed by atoms with Gasteiger partial charge >= 0.3 is 0 Å². The minimum atomic E-state index is -0.238. The first-order chi connectivity index (χ1) is 21.3. The fourth-order valence-corrected chi connectivity index (χ4v) is 6.48. The average molecular weight is 586 g/mol. The molecule has 0 spiro atoms. The van der Waals surface area contributed by atoms with E-state index >= 15 is 0 Å². The number of nitrogens with one attached hydrogen (secondary N) is 1. The van der Waals surface area contributed by atoms with Crippen molar-refractivity contribution in [2.24, 2.45) is 16.8 Å². The Balaban J connectivity index is 1.10. The standard InChI is InChI=1S/C37H39N5O2/c1-23-19-24(2)35-31(20-23)32(21-34(41-35)33-10-5-7-17-38-33)36(43)40-28-13-11-26(12-14-28)37(44)42(4)18-8-6-9-27-22-39-25(3)29-15-16-30(27)29/h5,7,10-14,17,19-22,29-30H,6,8-9,15-16,18H2,1-4H3,(H,40,43). The number of aryl methyl sites for hydroxylation is 2. The lowest BCUT2D eigenvalue weighted by Gasteiger charge is -2.40. The van der Waals surface area contributed by atoms with E-state index in [-0.39, 0.29) is 11.8 Å². The van der Waals surface area contributed by atoms with E-state index in [0.717, 1.165) is 41.3 Å². The number of rotatable bonds is 9. The van der Waals surface area contributed by atoms with Crippen LogP contribution in [0.5, 0.6) is 0 Å². The first kappa shape index (κ1) is 29.4. The van der Waals surface area contributed by atoms with E-state index in [1.807, 2.05) is 45.2 Å². The predicted molar refractivity (Wildman–Crippen MR) is 177 cm³/mol. The molecule has 3 heterocycles. The molecule has 2 aromatic heterocycles. The minimum Gasteiger partial charge on any atom is -0.342 e. The summed E-state index contributed by atoms with van der Waals surface area (Å²) in [4.78, 5) is 42.4. The van der Waals surface area contributed by atoms with Gasteiger partial charge in [0.15, 0.2) is 0 Å². The first-order valence-corrected chi connectivity index (χ1v) is 15.5. The molecule has 4 aromatic rings. The summed E-state index contributed by atoms with van der Waals surface area (Å²) < 4.78 is 0. The normalized spacial score (nSPS) is 17.3. The van der Waals surface area contributed by atoms with Gasteiger partial charge < -0.3 is 10.2 Å². The molecule has 1 fully saturated rings. The van der Waals surface area contributed by atoms with Crippen LogP contribution in [0.2, 0.25) is 0 Å². The number of benzene rings is 2. The van der Waals surface area contributed by atoms with Crippen LogP contribution in [0.15, 0.2) is 83.6 Å². The third kappa shape index (κ3) is 6.05. The summed E-state index contributed by atoms with van der Waals surface area (Å²) in [6.07, 6.45) is 9.42. The molecule has 224 valence electrons. The number of aliphatic imine (C=N–C) groups is 1. The number of carbonyl (C=O) groups excluding carboxylic acids is 2. The topological polar surface area (TPSA) is 87.5 Å². The van der Waals surface area contributed by atoms with Gasteiger partial charge in [-0.1, -0.05) is 17.7 Å². The van der Waals surface area contributed by atoms with Gasteiger partial charge in [0.25, 0.3) is 11.8 Å². The van der Waals surface area contributed by atoms with E-state index in [1.54, 1.807) is 41.4 Å². The van der Waals surface area contributed by atoms with Gasteiger partial charge in [-0.3, -0.25) is 19.6 Å². The van der Waals surface area contributed by atoms with Gasteiger partial charge in [-0.15, -0.1) is 0 Å². The highest BCUT2D eigenvalue weighted by Gasteiger charge is 2.36. The van der Waals surface area contributed by atoms with Crippen molar-refractivity contribution < 1.29 is 9.59 Å². The Morgan fingerprint density at radius 3 is 2.45 bits per heavy atom. The third-order valence-electron chi connectivity index (χ3n) is 9.09. The summed E-state index contributed by atoms with van der Waals surface area (Å²) in [6, 6.07) is 18.6. The molecule has 2 amide bonds. The number of aromatic nitrogens is 2. The number of nitrogens with zero attached hydrogens (tertiary/aromatic N) is 4. The van der Waals surface area contributed by atoms with Crippen molar-refractivity contribution in [3.05, 3.63) is 101 Å². The Labute approximate surface area is 259 Å². The zero-order valence-corrected chi connectivity index (χ0v) is 25.9. The maximum atomic E-state index is 13.6. The number of amides is 2. The van der Waals surface area contributed by atoms with Crippen LogP contribution in [-0.2, 0) is 0 Å². The highest BCUT2D eigenvalue weighted by Crippen LogP contribution is 2.44. The van der Waals surface area contributed by atoms with E-state index < -0.39 is 0 Å². The SMILES string of the molecule is CC1=NC=C(CCCCN(C)C(=O)c2ccc(NC(=O)c3cc(-c4ccccn4)nc4c(C)cc(C)cc34)cc2)C2CCC12. The van der Waals surface area contributed by atoms with Crippen LogP contribution in [0.25, 0.3) is 22.3 Å². The van der Waals surface area contributed by atoms with Gasteiger partial charge in [0, 0.05) is 54.3 Å². The number of unbranched alkanes of at least 4 members (excludes halogenated alkanes) is 1. The molecule has 1 N–H and O–H groups in total. The summed E-state index contributed by atoms with van der Waals surface area (Å²) in [7, 11) is 1.85. The molecule has 0 radical (unpaired) electrons. The molecule has 6 rings (SSSR count). The smallest absolute Gasteiger partial charge is 0.256 e. The second kappa shape index (κ2) is 12.5. The first-order valence-electron chi connectivity index (χ1n) is 15.5. The highest BCUT2D eigenvalue weighted by atomic mass is 16.2. The van der Waals surface area contributed by atoms with Crippen molar-refractivity contribution >= 4 is 34.1 Å². The minimum absolute atomic E-state index is 0.0230. The molecule has 1 aliphatic heterocycles. The fraction of sp³-hybridized carbons (Fsp3) is 0.324. The van der Waals surface area contributed by atoms with E-state index in [4.69, 9.17) is 4.98 Å². The van der Waals surface area contributed by atoms with Crippen LogP contribution in [0, 0.1) is 25.7 Å². The van der Waals surface area contributed by atoms with Crippen LogP contribution in [0.1, 0.15) is 70.9 Å². The third-order valence-corrected chi connectivity index (χ3v) is 9.09. The van der Waals surface area contributed by atoms with Gasteiger partial charge in [0.1, 0.15) is 0 Å². The second-order valence-corrected chi connectivity index (χ2v) is 12.2. The zero-order valence-electron chi connectivity index (χ0n) is 25.9. The Hall–Kier alpha value is -4.65. The van der Waals surface area contributed by atoms with Crippen LogP contribution in [0.4, 0.5) is 5.69 Å². The number of allylic oxidation sites excluding steroid dienone is 1. The maximum absolute atomic E-state index is 13.6. The summed E-state index contributed by atoms with van der Waals surface area (Å²) in [5.41, 5.74) is 8.70. The second-order valence-electron chi connectivity index (χ2n) is 12.2. The Kier molecular flexibility index (Phi) is 8.38.